The molecule has 3 rings (SSSR count). The van der Waals surface area contributed by atoms with E-state index in [4.69, 9.17) is 16.3 Å². The van der Waals surface area contributed by atoms with Gasteiger partial charge in [0, 0.05) is 21.7 Å². The normalized spacial score (nSPS) is 29.0. The van der Waals surface area contributed by atoms with Crippen LogP contribution in [0.2, 0.25) is 0 Å². The fourth-order valence-corrected chi connectivity index (χ4v) is 4.60. The summed E-state index contributed by atoms with van der Waals surface area (Å²) in [6.45, 7) is 2.10. The standard InChI is InChI=1S/C16H20BrClO/c1-11-9-12(17)5-6-13(11)19-15-10-14(18)16(15)7-3-2-4-8-16/h5-6,9,14-15H,2-4,7-8,10H2,1H3. The lowest BCUT2D eigenvalue weighted by Gasteiger charge is -2.55. The molecule has 2 aliphatic rings. The Labute approximate surface area is 128 Å². The average Bonchev–Trinajstić information content (AvgIpc) is 2.42. The number of aryl methyl sites for hydroxylation is 1. The van der Waals surface area contributed by atoms with Crippen molar-refractivity contribution in [2.75, 3.05) is 0 Å². The Morgan fingerprint density at radius 3 is 2.63 bits per heavy atom. The number of rotatable bonds is 2. The van der Waals surface area contributed by atoms with Gasteiger partial charge in [-0.2, -0.15) is 0 Å². The van der Waals surface area contributed by atoms with Gasteiger partial charge in [0.05, 0.1) is 0 Å². The Morgan fingerprint density at radius 1 is 1.26 bits per heavy atom. The van der Waals surface area contributed by atoms with Crippen LogP contribution in [0, 0.1) is 12.3 Å². The van der Waals surface area contributed by atoms with E-state index in [0.717, 1.165) is 16.6 Å². The van der Waals surface area contributed by atoms with Crippen LogP contribution in [-0.2, 0) is 0 Å². The molecule has 2 saturated carbocycles. The lowest BCUT2D eigenvalue weighted by molar-refractivity contribution is -0.0653. The van der Waals surface area contributed by atoms with Gasteiger partial charge in [0.2, 0.25) is 0 Å². The second-order valence-corrected chi connectivity index (χ2v) is 7.46. The number of alkyl halides is 1. The van der Waals surface area contributed by atoms with Crippen molar-refractivity contribution in [1.82, 2.24) is 0 Å². The maximum absolute atomic E-state index is 6.52. The molecule has 0 radical (unpaired) electrons. The highest BCUT2D eigenvalue weighted by molar-refractivity contribution is 9.10. The van der Waals surface area contributed by atoms with E-state index in [9.17, 15) is 0 Å². The fourth-order valence-electron chi connectivity index (χ4n) is 3.61. The zero-order valence-corrected chi connectivity index (χ0v) is 13.6. The number of benzene rings is 1. The molecule has 1 nitrogen and oxygen atoms in total. The van der Waals surface area contributed by atoms with Crippen LogP contribution >= 0.6 is 27.5 Å². The lowest BCUT2D eigenvalue weighted by Crippen LogP contribution is -2.58. The SMILES string of the molecule is Cc1cc(Br)ccc1OC1CC(Cl)C12CCCCC2. The second-order valence-electron chi connectivity index (χ2n) is 6.01. The first-order valence-electron chi connectivity index (χ1n) is 7.19. The number of hydrogen-bond donors (Lipinski definition) is 0. The van der Waals surface area contributed by atoms with Gasteiger partial charge in [-0.25, -0.2) is 0 Å². The molecule has 2 atom stereocenters. The van der Waals surface area contributed by atoms with E-state index in [2.05, 4.69) is 35.0 Å². The van der Waals surface area contributed by atoms with Gasteiger partial charge in [0.25, 0.3) is 0 Å². The van der Waals surface area contributed by atoms with Crippen LogP contribution in [-0.4, -0.2) is 11.5 Å². The molecule has 0 aliphatic heterocycles. The number of ether oxygens (including phenoxy) is 1. The van der Waals surface area contributed by atoms with Crippen LogP contribution in [0.1, 0.15) is 44.1 Å². The van der Waals surface area contributed by atoms with Crippen molar-refractivity contribution < 1.29 is 4.74 Å². The quantitative estimate of drug-likeness (QED) is 0.647. The van der Waals surface area contributed by atoms with Gasteiger partial charge in [-0.3, -0.25) is 0 Å². The van der Waals surface area contributed by atoms with E-state index in [-0.39, 0.29) is 5.41 Å². The van der Waals surface area contributed by atoms with Crippen LogP contribution in [0.4, 0.5) is 0 Å². The Balaban J connectivity index is 1.76. The highest BCUT2D eigenvalue weighted by Crippen LogP contribution is 2.55. The molecule has 2 aliphatic carbocycles. The molecule has 0 aromatic heterocycles. The van der Waals surface area contributed by atoms with Crippen molar-refractivity contribution >= 4 is 27.5 Å². The van der Waals surface area contributed by atoms with Gasteiger partial charge in [0.1, 0.15) is 11.9 Å². The minimum Gasteiger partial charge on any atom is -0.489 e. The summed E-state index contributed by atoms with van der Waals surface area (Å²) in [7, 11) is 0. The molecule has 2 fully saturated rings. The number of halogens is 2. The third-order valence-electron chi connectivity index (χ3n) is 4.88. The molecule has 2 unspecified atom stereocenters. The summed E-state index contributed by atoms with van der Waals surface area (Å²) in [5, 5.41) is 0.313. The molecule has 0 bridgehead atoms. The van der Waals surface area contributed by atoms with Crippen molar-refractivity contribution in [3.63, 3.8) is 0 Å². The molecule has 0 saturated heterocycles. The Hall–Kier alpha value is -0.210. The third kappa shape index (κ3) is 2.42. The van der Waals surface area contributed by atoms with E-state index in [1.165, 1.54) is 37.7 Å². The summed E-state index contributed by atoms with van der Waals surface area (Å²) in [6.07, 6.45) is 7.76. The molecular formula is C16H20BrClO. The molecule has 3 heteroatoms. The molecule has 1 aromatic rings. The first-order chi connectivity index (χ1) is 9.12. The summed E-state index contributed by atoms with van der Waals surface area (Å²) >= 11 is 10.0. The molecule has 104 valence electrons. The first kappa shape index (κ1) is 13.8. The van der Waals surface area contributed by atoms with Gasteiger partial charge in [-0.15, -0.1) is 11.6 Å². The Kier molecular flexibility index (Phi) is 3.83. The van der Waals surface area contributed by atoms with Crippen LogP contribution < -0.4 is 4.74 Å². The van der Waals surface area contributed by atoms with Crippen LogP contribution in [0.25, 0.3) is 0 Å². The van der Waals surface area contributed by atoms with E-state index < -0.39 is 0 Å². The summed E-state index contributed by atoms with van der Waals surface area (Å²) in [6, 6.07) is 6.23. The maximum Gasteiger partial charge on any atom is 0.122 e. The molecule has 0 amide bonds. The monoisotopic (exact) mass is 342 g/mol. The van der Waals surface area contributed by atoms with Crippen LogP contribution in [0.3, 0.4) is 0 Å². The maximum atomic E-state index is 6.52. The van der Waals surface area contributed by atoms with Crippen LogP contribution in [0.5, 0.6) is 5.75 Å². The largest absolute Gasteiger partial charge is 0.489 e. The minimum atomic E-state index is 0.249. The summed E-state index contributed by atoms with van der Waals surface area (Å²) in [5.74, 6) is 1.02. The number of hydrogen-bond acceptors (Lipinski definition) is 1. The predicted molar refractivity (Wildman–Crippen MR) is 83.1 cm³/mol. The van der Waals surface area contributed by atoms with Gasteiger partial charge >= 0.3 is 0 Å². The zero-order chi connectivity index (χ0) is 13.5. The highest BCUT2D eigenvalue weighted by Gasteiger charge is 2.55. The summed E-state index contributed by atoms with van der Waals surface area (Å²) in [4.78, 5) is 0. The van der Waals surface area contributed by atoms with Crippen molar-refractivity contribution in [3.05, 3.63) is 28.2 Å². The minimum absolute atomic E-state index is 0.249. The molecule has 0 heterocycles. The fraction of sp³-hybridized carbons (Fsp3) is 0.625. The summed E-state index contributed by atoms with van der Waals surface area (Å²) < 4.78 is 7.40. The zero-order valence-electron chi connectivity index (χ0n) is 11.3. The average molecular weight is 344 g/mol. The molecule has 1 spiro atoms. The third-order valence-corrected chi connectivity index (χ3v) is 5.98. The van der Waals surface area contributed by atoms with E-state index >= 15 is 0 Å². The lowest BCUT2D eigenvalue weighted by atomic mass is 9.58. The second kappa shape index (κ2) is 5.29. The van der Waals surface area contributed by atoms with E-state index in [1.807, 2.05) is 6.07 Å². The van der Waals surface area contributed by atoms with Gasteiger partial charge in [0.15, 0.2) is 0 Å². The van der Waals surface area contributed by atoms with Gasteiger partial charge in [-0.05, 0) is 43.5 Å². The Morgan fingerprint density at radius 2 is 2.00 bits per heavy atom. The van der Waals surface area contributed by atoms with E-state index in [1.54, 1.807) is 0 Å². The first-order valence-corrected chi connectivity index (χ1v) is 8.42. The highest BCUT2D eigenvalue weighted by atomic mass is 79.9. The van der Waals surface area contributed by atoms with Crippen molar-refractivity contribution in [3.8, 4) is 5.75 Å². The molecular weight excluding hydrogens is 324 g/mol. The van der Waals surface area contributed by atoms with Crippen molar-refractivity contribution in [2.45, 2.75) is 56.9 Å². The molecule has 19 heavy (non-hydrogen) atoms. The smallest absolute Gasteiger partial charge is 0.122 e. The van der Waals surface area contributed by atoms with Gasteiger partial charge in [-0.1, -0.05) is 35.2 Å². The molecule has 1 aromatic carbocycles. The van der Waals surface area contributed by atoms with Gasteiger partial charge < -0.3 is 4.74 Å². The van der Waals surface area contributed by atoms with Crippen LogP contribution in [0.15, 0.2) is 22.7 Å². The van der Waals surface area contributed by atoms with E-state index in [0.29, 0.717) is 11.5 Å². The summed E-state index contributed by atoms with van der Waals surface area (Å²) in [5.41, 5.74) is 1.44. The molecule has 0 N–H and O–H groups in total. The van der Waals surface area contributed by atoms with Crippen molar-refractivity contribution in [2.24, 2.45) is 5.41 Å². The van der Waals surface area contributed by atoms with Crippen molar-refractivity contribution in [1.29, 1.82) is 0 Å². The topological polar surface area (TPSA) is 9.23 Å². The Bertz CT molecular complexity index is 468. The predicted octanol–water partition coefficient (Wildman–Crippen LogP) is 5.47.